The van der Waals surface area contributed by atoms with Crippen molar-refractivity contribution < 1.29 is 28.2 Å². The Balaban J connectivity index is 1.61. The quantitative estimate of drug-likeness (QED) is 0.143. The fourth-order valence-corrected chi connectivity index (χ4v) is 11.9. The molecule has 44 heavy (non-hydrogen) atoms. The molecule has 2 fully saturated rings. The number of rotatable bonds is 13. The predicted octanol–water partition coefficient (Wildman–Crippen LogP) is 6.60. The molecule has 0 aliphatic carbocycles. The van der Waals surface area contributed by atoms with E-state index in [9.17, 15) is 4.79 Å². The third kappa shape index (κ3) is 8.49. The van der Waals surface area contributed by atoms with Gasteiger partial charge < -0.3 is 23.4 Å². The van der Waals surface area contributed by atoms with Crippen molar-refractivity contribution in [2.75, 3.05) is 14.2 Å². The zero-order valence-corrected chi connectivity index (χ0v) is 28.7. The Morgan fingerprint density at radius 1 is 0.932 bits per heavy atom. The number of carbonyl (C=O) groups is 1. The highest BCUT2D eigenvalue weighted by molar-refractivity contribution is 6.99. The van der Waals surface area contributed by atoms with E-state index in [0.717, 1.165) is 32.1 Å². The monoisotopic (exact) mass is 622 g/mol. The summed E-state index contributed by atoms with van der Waals surface area (Å²) < 4.78 is 31.8. The molecule has 0 N–H and O–H groups in total. The van der Waals surface area contributed by atoms with Gasteiger partial charge in [0.05, 0.1) is 50.2 Å². The molecule has 0 aromatic heterocycles. The number of esters is 1. The van der Waals surface area contributed by atoms with Crippen LogP contribution in [0, 0.1) is 5.92 Å². The van der Waals surface area contributed by atoms with E-state index >= 15 is 0 Å². The van der Waals surface area contributed by atoms with Crippen molar-refractivity contribution in [2.45, 2.75) is 121 Å². The second-order valence-electron chi connectivity index (χ2n) is 13.7. The Hall–Kier alpha value is -2.29. The second-order valence-corrected chi connectivity index (χ2v) is 18.0. The van der Waals surface area contributed by atoms with Gasteiger partial charge in [-0.3, -0.25) is 4.79 Å². The topological polar surface area (TPSA) is 63.2 Å². The molecular formula is C37H54O6Si. The van der Waals surface area contributed by atoms with Gasteiger partial charge in [0.2, 0.25) is 0 Å². The van der Waals surface area contributed by atoms with E-state index in [1.54, 1.807) is 7.11 Å². The number of hydrogen-bond donors (Lipinski definition) is 0. The number of benzene rings is 2. The summed E-state index contributed by atoms with van der Waals surface area (Å²) in [6.45, 7) is 13.1. The smallest absolute Gasteiger partial charge is 0.308 e. The average molecular weight is 623 g/mol. The largest absolute Gasteiger partial charge is 0.469 e. The summed E-state index contributed by atoms with van der Waals surface area (Å²) in [7, 11) is 0.434. The predicted molar refractivity (Wildman–Crippen MR) is 179 cm³/mol. The number of ether oxygens (including phenoxy) is 4. The molecule has 4 rings (SSSR count). The van der Waals surface area contributed by atoms with Gasteiger partial charge in [-0.25, -0.2) is 0 Å². The lowest BCUT2D eigenvalue weighted by Gasteiger charge is -2.47. The summed E-state index contributed by atoms with van der Waals surface area (Å²) in [5.41, 5.74) is 0. The lowest BCUT2D eigenvalue weighted by molar-refractivity contribution is -0.152. The molecule has 0 spiro atoms. The number of methoxy groups -OCH3 is 2. The maximum Gasteiger partial charge on any atom is 0.308 e. The van der Waals surface area contributed by atoms with Crippen LogP contribution in [0.5, 0.6) is 0 Å². The molecule has 0 saturated carbocycles. The fraction of sp³-hybridized carbons (Fsp3) is 0.595. The van der Waals surface area contributed by atoms with Gasteiger partial charge in [-0.1, -0.05) is 94.4 Å². The van der Waals surface area contributed by atoms with Crippen LogP contribution in [0.15, 0.2) is 73.3 Å². The minimum Gasteiger partial charge on any atom is -0.469 e. The summed E-state index contributed by atoms with van der Waals surface area (Å²) in [4.78, 5) is 12.5. The zero-order valence-electron chi connectivity index (χ0n) is 27.7. The molecule has 0 unspecified atom stereocenters. The van der Waals surface area contributed by atoms with Gasteiger partial charge in [0.1, 0.15) is 0 Å². The van der Waals surface area contributed by atoms with Gasteiger partial charge in [-0.2, -0.15) is 0 Å². The SMILES string of the molecule is C=CC[C@@H]1CC[C@H](C)[C@@H](C[C@H](C[C@@H]2C[C@@H](O[Si](c3ccccc3)(c3ccccc3)C(C)(C)C)C[C@H](CC(=O)OC)O2)OC)O1. The second kappa shape index (κ2) is 15.8. The first-order valence-electron chi connectivity index (χ1n) is 16.4. The molecule has 0 radical (unpaired) electrons. The molecule has 0 bridgehead atoms. The highest BCUT2D eigenvalue weighted by atomic mass is 28.4. The molecule has 0 amide bonds. The van der Waals surface area contributed by atoms with E-state index in [2.05, 4.69) is 94.9 Å². The van der Waals surface area contributed by atoms with Crippen molar-refractivity contribution in [2.24, 2.45) is 5.92 Å². The van der Waals surface area contributed by atoms with Crippen LogP contribution in [0.25, 0.3) is 0 Å². The van der Waals surface area contributed by atoms with Gasteiger partial charge in [0, 0.05) is 13.5 Å². The molecule has 7 heteroatoms. The van der Waals surface area contributed by atoms with Crippen LogP contribution in [0.2, 0.25) is 5.04 Å². The lowest BCUT2D eigenvalue weighted by atomic mass is 9.87. The van der Waals surface area contributed by atoms with E-state index in [0.29, 0.717) is 18.8 Å². The Labute approximate surface area is 266 Å². The summed E-state index contributed by atoms with van der Waals surface area (Å²) in [5, 5.41) is 2.35. The molecule has 2 aliphatic heterocycles. The van der Waals surface area contributed by atoms with E-state index in [4.69, 9.17) is 23.4 Å². The van der Waals surface area contributed by atoms with Gasteiger partial charge in [0.15, 0.2) is 0 Å². The van der Waals surface area contributed by atoms with Gasteiger partial charge >= 0.3 is 5.97 Å². The van der Waals surface area contributed by atoms with Crippen LogP contribution >= 0.6 is 0 Å². The normalized spacial score (nSPS) is 27.0. The maximum atomic E-state index is 12.5. The minimum atomic E-state index is -2.78. The van der Waals surface area contributed by atoms with Crippen LogP contribution in [-0.4, -0.2) is 65.1 Å². The Bertz CT molecular complexity index is 1130. The molecule has 2 aromatic carbocycles. The summed E-state index contributed by atoms with van der Waals surface area (Å²) in [6, 6.07) is 21.5. The average Bonchev–Trinajstić information content (AvgIpc) is 3.01. The van der Waals surface area contributed by atoms with Gasteiger partial charge in [0.25, 0.3) is 8.32 Å². The van der Waals surface area contributed by atoms with Gasteiger partial charge in [-0.15, -0.1) is 6.58 Å². The highest BCUT2D eigenvalue weighted by Crippen LogP contribution is 2.40. The third-order valence-corrected chi connectivity index (χ3v) is 14.6. The highest BCUT2D eigenvalue weighted by Gasteiger charge is 2.52. The van der Waals surface area contributed by atoms with Crippen molar-refractivity contribution >= 4 is 24.7 Å². The molecule has 2 aliphatic rings. The van der Waals surface area contributed by atoms with E-state index in [1.165, 1.54) is 17.5 Å². The van der Waals surface area contributed by atoms with Crippen molar-refractivity contribution in [1.29, 1.82) is 0 Å². The minimum absolute atomic E-state index is 0.0275. The molecule has 2 saturated heterocycles. The van der Waals surface area contributed by atoms with Crippen molar-refractivity contribution in [3.05, 3.63) is 73.3 Å². The summed E-state index contributed by atoms with van der Waals surface area (Å²) >= 11 is 0. The Morgan fingerprint density at radius 3 is 2.09 bits per heavy atom. The molecular weight excluding hydrogens is 568 g/mol. The number of carbonyl (C=O) groups excluding carboxylic acids is 1. The van der Waals surface area contributed by atoms with E-state index in [-0.39, 0.29) is 54.1 Å². The molecule has 242 valence electrons. The first-order chi connectivity index (χ1) is 21.1. The van der Waals surface area contributed by atoms with Crippen molar-refractivity contribution in [3.63, 3.8) is 0 Å². The van der Waals surface area contributed by atoms with Gasteiger partial charge in [-0.05, 0) is 59.9 Å². The maximum absolute atomic E-state index is 12.5. The van der Waals surface area contributed by atoms with Crippen LogP contribution < -0.4 is 10.4 Å². The number of hydrogen-bond acceptors (Lipinski definition) is 6. The van der Waals surface area contributed by atoms with Crippen LogP contribution in [0.3, 0.4) is 0 Å². The van der Waals surface area contributed by atoms with Crippen molar-refractivity contribution in [3.8, 4) is 0 Å². The lowest BCUT2D eigenvalue weighted by Crippen LogP contribution is -2.68. The Kier molecular flexibility index (Phi) is 12.4. The zero-order chi connectivity index (χ0) is 31.7. The first kappa shape index (κ1) is 34.6. The van der Waals surface area contributed by atoms with Crippen LogP contribution in [-0.2, 0) is 28.2 Å². The summed E-state index contributed by atoms with van der Waals surface area (Å²) in [6.07, 6.45) is 8.01. The Morgan fingerprint density at radius 2 is 1.55 bits per heavy atom. The third-order valence-electron chi connectivity index (χ3n) is 9.55. The standard InChI is InChI=1S/C37H54O6Si/c1-8-15-28-21-20-27(2)35(42-28)25-29(39-6)22-30-23-32(24-31(41-30)26-36(38)40-7)43-44(37(3,4)5,33-16-11-9-12-17-33)34-18-13-10-14-19-34/h8-14,16-19,27-32,35H,1,15,20-26H2,2-7H3/t27-,28+,29-,30+,31+,32+,35+/m0/s1. The fourth-order valence-electron chi connectivity index (χ4n) is 7.23. The van der Waals surface area contributed by atoms with Crippen molar-refractivity contribution in [1.82, 2.24) is 0 Å². The first-order valence-corrected chi connectivity index (χ1v) is 18.3. The molecule has 2 heterocycles. The summed E-state index contributed by atoms with van der Waals surface area (Å²) in [5.74, 6) is 0.208. The molecule has 2 aromatic rings. The van der Waals surface area contributed by atoms with Crippen LogP contribution in [0.1, 0.15) is 79.1 Å². The molecule has 7 atom stereocenters. The van der Waals surface area contributed by atoms with E-state index in [1.807, 2.05) is 6.08 Å². The molecule has 6 nitrogen and oxygen atoms in total. The van der Waals surface area contributed by atoms with E-state index < -0.39 is 8.32 Å². The van der Waals surface area contributed by atoms with Crippen LogP contribution in [0.4, 0.5) is 0 Å².